The first-order valence-corrected chi connectivity index (χ1v) is 5.79. The molecular weight excluding hydrogens is 323 g/mol. The Kier molecular flexibility index (Phi) is 4.90. The molecule has 16 heavy (non-hydrogen) atoms. The van der Waals surface area contributed by atoms with Crippen molar-refractivity contribution in [2.24, 2.45) is 5.84 Å². The van der Waals surface area contributed by atoms with Crippen LogP contribution >= 0.6 is 0 Å². The van der Waals surface area contributed by atoms with Gasteiger partial charge in [-0.05, 0) is 0 Å². The van der Waals surface area contributed by atoms with Gasteiger partial charge in [0.05, 0.1) is 0 Å². The van der Waals surface area contributed by atoms with Crippen molar-refractivity contribution in [1.29, 1.82) is 0 Å². The van der Waals surface area contributed by atoms with E-state index in [0.29, 0.717) is 5.56 Å². The number of methoxy groups -OCH3 is 1. The molecule has 0 amide bonds. The van der Waals surface area contributed by atoms with Gasteiger partial charge < -0.3 is 0 Å². The summed E-state index contributed by atoms with van der Waals surface area (Å²) in [5, 5.41) is 0. The zero-order chi connectivity index (χ0) is 12.5. The second kappa shape index (κ2) is 5.57. The summed E-state index contributed by atoms with van der Waals surface area (Å²) >= 11 is 2.43. The zero-order valence-corrected chi connectivity index (χ0v) is 11.8. The standard InChI is InChI=1S/C11H15N2O2Xe/c1-5-6(2)8(11(14)15-4)10(16)9(13-12)7(5)3/h13H,12H2,1-4H3. The number of hydrogen-bond donors (Lipinski definition) is 2. The Hall–Kier alpha value is 0.0214. The molecule has 0 saturated carbocycles. The monoisotopic (exact) mass is 339 g/mol. The van der Waals surface area contributed by atoms with E-state index in [2.05, 4.69) is 52.0 Å². The molecular formula is C11H15N2O2Xe. The van der Waals surface area contributed by atoms with Crippen molar-refractivity contribution in [1.82, 2.24) is 0 Å². The number of carbonyl (C=O) groups excluding carboxylic acids is 1. The van der Waals surface area contributed by atoms with E-state index in [1.807, 2.05) is 20.8 Å². The van der Waals surface area contributed by atoms with E-state index < -0.39 is 0 Å². The average molecular weight is 339 g/mol. The Morgan fingerprint density at radius 1 is 1.25 bits per heavy atom. The summed E-state index contributed by atoms with van der Waals surface area (Å²) in [5.74, 6) is 5.13. The van der Waals surface area contributed by atoms with E-state index >= 15 is 0 Å². The number of anilines is 1. The summed E-state index contributed by atoms with van der Waals surface area (Å²) in [4.78, 5) is 11.7. The third kappa shape index (κ3) is 2.32. The second-order valence-electron chi connectivity index (χ2n) is 3.56. The van der Waals surface area contributed by atoms with E-state index in [1.54, 1.807) is 0 Å². The molecule has 0 spiro atoms. The van der Waals surface area contributed by atoms with Gasteiger partial charge in [0.25, 0.3) is 0 Å². The van der Waals surface area contributed by atoms with Crippen molar-refractivity contribution < 1.29 is 56.1 Å². The van der Waals surface area contributed by atoms with E-state index in [-0.39, 0.29) is 5.97 Å². The number of rotatable bonds is 2. The minimum absolute atomic E-state index is 0.342. The predicted molar refractivity (Wildman–Crippen MR) is 59.4 cm³/mol. The average Bonchev–Trinajstić information content (AvgIpc) is 2.27. The van der Waals surface area contributed by atoms with Crippen LogP contribution in [0.3, 0.4) is 0 Å². The van der Waals surface area contributed by atoms with Gasteiger partial charge in [0, 0.05) is 0 Å². The van der Waals surface area contributed by atoms with Crippen molar-refractivity contribution in [2.45, 2.75) is 20.8 Å². The van der Waals surface area contributed by atoms with E-state index in [0.717, 1.165) is 22.4 Å². The molecule has 0 heterocycles. The van der Waals surface area contributed by atoms with Crippen LogP contribution in [-0.4, -0.2) is 13.1 Å². The van der Waals surface area contributed by atoms with Gasteiger partial charge in [0.2, 0.25) is 0 Å². The summed E-state index contributed by atoms with van der Waals surface area (Å²) in [6.45, 7) is 5.84. The molecule has 0 saturated heterocycles. The van der Waals surface area contributed by atoms with E-state index in [9.17, 15) is 4.79 Å². The van der Waals surface area contributed by atoms with Crippen LogP contribution in [0.2, 0.25) is 0 Å². The first-order chi connectivity index (χ1) is 7.45. The number of benzene rings is 1. The van der Waals surface area contributed by atoms with E-state index in [4.69, 9.17) is 10.6 Å². The Morgan fingerprint density at radius 2 is 1.81 bits per heavy atom. The second-order valence-corrected chi connectivity index (χ2v) is 4.57. The summed E-state index contributed by atoms with van der Waals surface area (Å²) in [6, 6.07) is 0. The van der Waals surface area contributed by atoms with E-state index in [1.165, 1.54) is 7.11 Å². The Bertz CT molecular complexity index is 444. The van der Waals surface area contributed by atoms with Gasteiger partial charge in [0.1, 0.15) is 0 Å². The van der Waals surface area contributed by atoms with Crippen LogP contribution in [-0.2, 0) is 4.74 Å². The van der Waals surface area contributed by atoms with Gasteiger partial charge in [-0.2, -0.15) is 0 Å². The molecule has 0 aliphatic heterocycles. The van der Waals surface area contributed by atoms with Crippen LogP contribution in [0.5, 0.6) is 0 Å². The maximum atomic E-state index is 11.7. The Balaban J connectivity index is 3.62. The third-order valence-electron chi connectivity index (χ3n) is 2.84. The molecule has 1 aromatic carbocycles. The van der Waals surface area contributed by atoms with Crippen molar-refractivity contribution in [3.63, 3.8) is 0 Å². The van der Waals surface area contributed by atoms with Gasteiger partial charge in [-0.25, -0.2) is 0 Å². The molecule has 0 aliphatic rings. The summed E-state index contributed by atoms with van der Waals surface area (Å²) in [7, 11) is 1.37. The molecule has 4 nitrogen and oxygen atoms in total. The van der Waals surface area contributed by atoms with Crippen molar-refractivity contribution in [3.8, 4) is 0 Å². The molecule has 1 rings (SSSR count). The molecule has 1 radical (unpaired) electrons. The molecule has 0 atom stereocenters. The quantitative estimate of drug-likeness (QED) is 0.477. The first-order valence-electron chi connectivity index (χ1n) is 4.78. The molecule has 5 heteroatoms. The zero-order valence-electron chi connectivity index (χ0n) is 9.75. The molecule has 0 aromatic heterocycles. The number of ether oxygens (including phenoxy) is 1. The molecule has 0 fully saturated rings. The van der Waals surface area contributed by atoms with Crippen LogP contribution < -0.4 is 11.3 Å². The fourth-order valence-electron chi connectivity index (χ4n) is 1.61. The fraction of sp³-hybridized carbons (Fsp3) is 0.364. The molecule has 0 unspecified atom stereocenters. The van der Waals surface area contributed by atoms with Crippen LogP contribution in [0.1, 0.15) is 27.0 Å². The maximum absolute atomic E-state index is 11.7. The topological polar surface area (TPSA) is 64.3 Å². The van der Waals surface area contributed by atoms with Gasteiger partial charge in [0.15, 0.2) is 0 Å². The fourth-order valence-corrected chi connectivity index (χ4v) is 2.72. The Morgan fingerprint density at radius 3 is 2.25 bits per heavy atom. The number of nitrogens with one attached hydrogen (secondary N) is 1. The number of hydrogen-bond acceptors (Lipinski definition) is 4. The number of nitrogens with two attached hydrogens (primary N) is 1. The molecule has 89 valence electrons. The van der Waals surface area contributed by atoms with Crippen LogP contribution in [0, 0.1) is 67.3 Å². The predicted octanol–water partition coefficient (Wildman–Crippen LogP) is 0.859. The summed E-state index contributed by atoms with van der Waals surface area (Å²) in [6.07, 6.45) is 0. The number of esters is 1. The number of nitrogen functional groups attached to an aromatic ring is 1. The molecule has 0 bridgehead atoms. The number of hydrazine groups is 1. The normalized spacial score (nSPS) is 10.1. The van der Waals surface area contributed by atoms with Gasteiger partial charge in [-0.1, -0.05) is 0 Å². The van der Waals surface area contributed by atoms with Crippen molar-refractivity contribution >= 4 is 11.7 Å². The Labute approximate surface area is 128 Å². The SMILES string of the molecule is COC(=O)c1c(C)c(C)c(C)c(NN)c1[Xe]. The van der Waals surface area contributed by atoms with Crippen LogP contribution in [0.4, 0.5) is 5.69 Å². The van der Waals surface area contributed by atoms with Crippen molar-refractivity contribution in [3.05, 3.63) is 22.3 Å². The molecule has 1 aromatic rings. The van der Waals surface area contributed by atoms with Gasteiger partial charge in [-0.3, -0.25) is 0 Å². The van der Waals surface area contributed by atoms with Gasteiger partial charge >= 0.3 is 129 Å². The summed E-state index contributed by atoms with van der Waals surface area (Å²) < 4.78 is 5.53. The minimum atomic E-state index is -0.342. The summed E-state index contributed by atoms with van der Waals surface area (Å²) in [5.41, 5.74) is 6.97. The van der Waals surface area contributed by atoms with Crippen LogP contribution in [0.15, 0.2) is 0 Å². The van der Waals surface area contributed by atoms with Crippen molar-refractivity contribution in [2.75, 3.05) is 12.5 Å². The molecule has 3 N–H and O–H groups in total. The van der Waals surface area contributed by atoms with Crippen LogP contribution in [0.25, 0.3) is 0 Å². The first kappa shape index (κ1) is 14.1. The molecule has 0 aliphatic carbocycles. The van der Waals surface area contributed by atoms with Gasteiger partial charge in [-0.15, -0.1) is 0 Å². The third-order valence-corrected chi connectivity index (χ3v) is 3.84. The number of carbonyl (C=O) groups is 1.